The van der Waals surface area contributed by atoms with Crippen molar-refractivity contribution in [2.45, 2.75) is 51.4 Å². The van der Waals surface area contributed by atoms with Crippen LogP contribution in [0.5, 0.6) is 5.75 Å². The Labute approximate surface area is 185 Å². The topological polar surface area (TPSA) is 75.7 Å². The Balaban J connectivity index is 1.76. The molecular formula is C24H32N2O4S. The van der Waals surface area contributed by atoms with E-state index < -0.39 is 16.1 Å². The van der Waals surface area contributed by atoms with E-state index in [9.17, 15) is 13.2 Å². The van der Waals surface area contributed by atoms with Gasteiger partial charge < -0.3 is 10.1 Å². The predicted molar refractivity (Wildman–Crippen MR) is 124 cm³/mol. The van der Waals surface area contributed by atoms with Gasteiger partial charge in [0.05, 0.1) is 18.0 Å². The number of amides is 1. The maximum atomic E-state index is 13.3. The van der Waals surface area contributed by atoms with Gasteiger partial charge in [-0.1, -0.05) is 75.6 Å². The average molecular weight is 445 g/mol. The molecule has 0 bridgehead atoms. The second kappa shape index (κ2) is 10.7. The summed E-state index contributed by atoms with van der Waals surface area (Å²) in [6, 6.07) is 16.0. The van der Waals surface area contributed by atoms with E-state index in [0.29, 0.717) is 29.5 Å². The molecule has 1 amide bonds. The van der Waals surface area contributed by atoms with E-state index >= 15 is 0 Å². The summed E-state index contributed by atoms with van der Waals surface area (Å²) >= 11 is 0. The molecule has 0 fully saturated rings. The Morgan fingerprint density at radius 1 is 1.13 bits per heavy atom. The fourth-order valence-corrected chi connectivity index (χ4v) is 5.35. The van der Waals surface area contributed by atoms with Crippen LogP contribution in [-0.4, -0.2) is 33.5 Å². The molecule has 168 valence electrons. The van der Waals surface area contributed by atoms with E-state index in [1.54, 1.807) is 36.4 Å². The summed E-state index contributed by atoms with van der Waals surface area (Å²) < 4.78 is 33.7. The molecule has 0 unspecified atom stereocenters. The van der Waals surface area contributed by atoms with Crippen LogP contribution in [0.1, 0.15) is 45.1 Å². The number of benzene rings is 2. The molecule has 1 heterocycles. The van der Waals surface area contributed by atoms with Crippen molar-refractivity contribution in [3.05, 3.63) is 60.2 Å². The first-order valence-electron chi connectivity index (χ1n) is 11.0. The van der Waals surface area contributed by atoms with Crippen LogP contribution in [0.4, 0.5) is 5.69 Å². The molecule has 3 rings (SSSR count). The molecule has 1 aliphatic rings. The molecule has 0 aromatic heterocycles. The number of carbonyl (C=O) groups excluding carboxylic acids is 1. The SMILES string of the molecule is CCCC[C@@H](CC)CNC(=O)[C@H]1CN(S(=O)(=O)Cc2ccccc2)c2ccccc2O1. The lowest BCUT2D eigenvalue weighted by Crippen LogP contribution is -2.51. The number of fused-ring (bicyclic) bond motifs is 1. The maximum absolute atomic E-state index is 13.3. The van der Waals surface area contributed by atoms with Crippen LogP contribution in [-0.2, 0) is 20.6 Å². The summed E-state index contributed by atoms with van der Waals surface area (Å²) in [5.41, 5.74) is 1.17. The number of para-hydroxylation sites is 2. The van der Waals surface area contributed by atoms with E-state index in [1.165, 1.54) is 4.31 Å². The lowest BCUT2D eigenvalue weighted by atomic mass is 9.99. The number of sulfonamides is 1. The zero-order valence-corrected chi connectivity index (χ0v) is 19.1. The lowest BCUT2D eigenvalue weighted by Gasteiger charge is -2.35. The highest BCUT2D eigenvalue weighted by atomic mass is 32.2. The quantitative estimate of drug-likeness (QED) is 0.598. The molecular weight excluding hydrogens is 412 g/mol. The highest BCUT2D eigenvalue weighted by Gasteiger charge is 2.36. The first-order valence-corrected chi connectivity index (χ1v) is 12.6. The Kier molecular flexibility index (Phi) is 7.96. The molecule has 2 atom stereocenters. The predicted octanol–water partition coefficient (Wildman–Crippen LogP) is 4.12. The van der Waals surface area contributed by atoms with E-state index in [1.807, 2.05) is 18.2 Å². The third-order valence-electron chi connectivity index (χ3n) is 5.66. The summed E-state index contributed by atoms with van der Waals surface area (Å²) in [7, 11) is -3.69. The standard InChI is InChI=1S/C24H32N2O4S/c1-3-5-11-19(4-2)16-25-24(27)23-17-26(21-14-9-10-15-22(21)30-23)31(28,29)18-20-12-7-6-8-13-20/h6-10,12-15,19,23H,3-5,11,16-18H2,1-2H3,(H,25,27)/t19-,23-/m1/s1. The second-order valence-electron chi connectivity index (χ2n) is 8.01. The fraction of sp³-hybridized carbons (Fsp3) is 0.458. The van der Waals surface area contributed by atoms with Gasteiger partial charge in [0.25, 0.3) is 5.91 Å². The molecule has 0 saturated heterocycles. The van der Waals surface area contributed by atoms with Gasteiger partial charge in [-0.15, -0.1) is 0 Å². The first-order chi connectivity index (χ1) is 14.9. The van der Waals surface area contributed by atoms with Crippen molar-refractivity contribution in [1.82, 2.24) is 5.32 Å². The molecule has 2 aromatic carbocycles. The molecule has 31 heavy (non-hydrogen) atoms. The van der Waals surface area contributed by atoms with E-state index in [-0.39, 0.29) is 18.2 Å². The van der Waals surface area contributed by atoms with Crippen molar-refractivity contribution in [2.75, 3.05) is 17.4 Å². The van der Waals surface area contributed by atoms with Crippen molar-refractivity contribution in [3.8, 4) is 5.75 Å². The van der Waals surface area contributed by atoms with Crippen LogP contribution in [0, 0.1) is 5.92 Å². The van der Waals surface area contributed by atoms with Gasteiger partial charge in [-0.25, -0.2) is 8.42 Å². The largest absolute Gasteiger partial charge is 0.476 e. The van der Waals surface area contributed by atoms with Crippen molar-refractivity contribution in [3.63, 3.8) is 0 Å². The van der Waals surface area contributed by atoms with Gasteiger partial charge in [0.1, 0.15) is 5.75 Å². The number of nitrogens with one attached hydrogen (secondary N) is 1. The van der Waals surface area contributed by atoms with Gasteiger partial charge >= 0.3 is 0 Å². The number of hydrogen-bond acceptors (Lipinski definition) is 4. The van der Waals surface area contributed by atoms with Crippen molar-refractivity contribution >= 4 is 21.6 Å². The summed E-state index contributed by atoms with van der Waals surface area (Å²) in [5, 5.41) is 2.98. The Morgan fingerprint density at radius 2 is 1.84 bits per heavy atom. The van der Waals surface area contributed by atoms with Crippen LogP contribution in [0.2, 0.25) is 0 Å². The fourth-order valence-electron chi connectivity index (χ4n) is 3.77. The molecule has 7 heteroatoms. The Bertz CT molecular complexity index is 963. The van der Waals surface area contributed by atoms with Gasteiger partial charge in [0.2, 0.25) is 10.0 Å². The van der Waals surface area contributed by atoms with E-state index in [4.69, 9.17) is 4.74 Å². The van der Waals surface area contributed by atoms with Crippen molar-refractivity contribution in [1.29, 1.82) is 0 Å². The summed E-state index contributed by atoms with van der Waals surface area (Å²) in [6.07, 6.45) is 3.43. The molecule has 1 aliphatic heterocycles. The normalized spacial score (nSPS) is 16.8. The summed E-state index contributed by atoms with van der Waals surface area (Å²) in [6.45, 7) is 4.82. The van der Waals surface area contributed by atoms with Gasteiger partial charge in [-0.2, -0.15) is 0 Å². The van der Waals surface area contributed by atoms with Crippen LogP contribution in [0.25, 0.3) is 0 Å². The van der Waals surface area contributed by atoms with Crippen molar-refractivity contribution < 1.29 is 17.9 Å². The lowest BCUT2D eigenvalue weighted by molar-refractivity contribution is -0.127. The minimum Gasteiger partial charge on any atom is -0.476 e. The number of ether oxygens (including phenoxy) is 1. The Morgan fingerprint density at radius 3 is 2.55 bits per heavy atom. The molecule has 0 radical (unpaired) electrons. The van der Waals surface area contributed by atoms with Crippen LogP contribution >= 0.6 is 0 Å². The third kappa shape index (κ3) is 6.00. The highest BCUT2D eigenvalue weighted by Crippen LogP contribution is 2.35. The van der Waals surface area contributed by atoms with Gasteiger partial charge in [0, 0.05) is 6.54 Å². The van der Waals surface area contributed by atoms with Gasteiger partial charge in [-0.3, -0.25) is 9.10 Å². The summed E-state index contributed by atoms with van der Waals surface area (Å²) in [4.78, 5) is 12.9. The third-order valence-corrected chi connectivity index (χ3v) is 7.38. The minimum absolute atomic E-state index is 0.0379. The number of rotatable bonds is 10. The monoisotopic (exact) mass is 444 g/mol. The number of nitrogens with zero attached hydrogens (tertiary/aromatic N) is 1. The van der Waals surface area contributed by atoms with Crippen molar-refractivity contribution in [2.24, 2.45) is 5.92 Å². The Hall–Kier alpha value is -2.54. The van der Waals surface area contributed by atoms with Gasteiger partial charge in [0.15, 0.2) is 6.10 Å². The molecule has 0 aliphatic carbocycles. The molecule has 1 N–H and O–H groups in total. The zero-order chi connectivity index (χ0) is 22.3. The molecule has 0 saturated carbocycles. The van der Waals surface area contributed by atoms with E-state index in [2.05, 4.69) is 19.2 Å². The number of unbranched alkanes of at least 4 members (excludes halogenated alkanes) is 1. The number of hydrogen-bond donors (Lipinski definition) is 1. The van der Waals surface area contributed by atoms with Crippen LogP contribution in [0.15, 0.2) is 54.6 Å². The molecule has 6 nitrogen and oxygen atoms in total. The highest BCUT2D eigenvalue weighted by molar-refractivity contribution is 7.92. The van der Waals surface area contributed by atoms with Crippen LogP contribution < -0.4 is 14.4 Å². The van der Waals surface area contributed by atoms with E-state index in [0.717, 1.165) is 25.7 Å². The number of anilines is 1. The first kappa shape index (κ1) is 23.1. The smallest absolute Gasteiger partial charge is 0.263 e. The maximum Gasteiger partial charge on any atom is 0.263 e. The second-order valence-corrected chi connectivity index (χ2v) is 9.90. The molecule has 0 spiro atoms. The average Bonchev–Trinajstić information content (AvgIpc) is 2.78. The minimum atomic E-state index is -3.69. The summed E-state index contributed by atoms with van der Waals surface area (Å²) in [5.74, 6) is 0.413. The zero-order valence-electron chi connectivity index (χ0n) is 18.3. The van der Waals surface area contributed by atoms with Gasteiger partial charge in [-0.05, 0) is 30.0 Å². The van der Waals surface area contributed by atoms with Crippen LogP contribution in [0.3, 0.4) is 0 Å². The molecule has 2 aromatic rings. The number of carbonyl (C=O) groups is 1.